The van der Waals surface area contributed by atoms with E-state index in [2.05, 4.69) is 0 Å². The molecular formula is C80H84O18. The zero-order chi connectivity index (χ0) is 69.5. The zero-order valence-electron chi connectivity index (χ0n) is 56.9. The Morgan fingerprint density at radius 1 is 0.265 bits per heavy atom. The molecule has 0 spiro atoms. The first-order valence-corrected chi connectivity index (χ1v) is 33.2. The summed E-state index contributed by atoms with van der Waals surface area (Å²) >= 11 is 0. The number of ether oxygens (including phenoxy) is 12. The SMILES string of the molecule is CCOC(=O)COc1ccc2cc1Cc1cc(-c3ccccc3)cc(c1OCC(=O)OCC)Cc1cc(-c3ccccc3)cc(c1OCC(=O)OCC)Cc1cc(ccc1OCC(=O)OCC)Cc1cc(C)c(OCC(=O)OCC)c(c1)Cc1cc(cc(C)c1OCC(=O)OCC)C2. The Hall–Kier alpha value is -10.6. The molecule has 8 aromatic rings. The number of carbonyl (C=O) groups is 6. The number of benzene rings is 8. The average Bonchev–Trinajstić information content (AvgIpc) is 0.787. The van der Waals surface area contributed by atoms with Crippen molar-refractivity contribution in [3.63, 3.8) is 0 Å². The summed E-state index contributed by atoms with van der Waals surface area (Å²) in [7, 11) is 0. The van der Waals surface area contributed by atoms with E-state index in [9.17, 15) is 28.8 Å². The van der Waals surface area contributed by atoms with Crippen LogP contribution in [0.5, 0.6) is 34.5 Å². The van der Waals surface area contributed by atoms with E-state index in [0.717, 1.165) is 55.6 Å². The summed E-state index contributed by atoms with van der Waals surface area (Å²) < 4.78 is 71.4. The minimum Gasteiger partial charge on any atom is -0.482 e. The molecule has 0 saturated carbocycles. The van der Waals surface area contributed by atoms with E-state index in [1.54, 1.807) is 41.5 Å². The maximum atomic E-state index is 13.6. The molecule has 0 heterocycles. The lowest BCUT2D eigenvalue weighted by atomic mass is 9.88. The molecule has 0 aromatic heterocycles. The molecule has 512 valence electrons. The van der Waals surface area contributed by atoms with Crippen LogP contribution in [0.15, 0.2) is 146 Å². The third-order valence-corrected chi connectivity index (χ3v) is 16.0. The van der Waals surface area contributed by atoms with Crippen molar-refractivity contribution in [1.82, 2.24) is 0 Å². The van der Waals surface area contributed by atoms with Crippen LogP contribution in [0, 0.1) is 13.8 Å². The summed E-state index contributed by atoms with van der Waals surface area (Å²) in [4.78, 5) is 79.5. The van der Waals surface area contributed by atoms with E-state index in [4.69, 9.17) is 56.8 Å². The van der Waals surface area contributed by atoms with Crippen molar-refractivity contribution >= 4 is 35.8 Å². The summed E-state index contributed by atoms with van der Waals surface area (Å²) in [5.74, 6) is -0.968. The molecule has 18 heteroatoms. The van der Waals surface area contributed by atoms with Gasteiger partial charge in [-0.05, 0) is 205 Å². The molecule has 0 radical (unpaired) electrons. The molecule has 0 aliphatic heterocycles. The highest BCUT2D eigenvalue weighted by molar-refractivity contribution is 5.76. The molecule has 0 unspecified atom stereocenters. The molecule has 0 N–H and O–H groups in total. The fourth-order valence-electron chi connectivity index (χ4n) is 12.1. The lowest BCUT2D eigenvalue weighted by Gasteiger charge is -2.23. The molecule has 0 amide bonds. The van der Waals surface area contributed by atoms with E-state index in [0.29, 0.717) is 91.8 Å². The number of hydrogen-bond acceptors (Lipinski definition) is 18. The number of hydrogen-bond donors (Lipinski definition) is 0. The molecule has 12 bridgehead atoms. The van der Waals surface area contributed by atoms with E-state index in [1.165, 1.54) is 0 Å². The Balaban J connectivity index is 1.36. The summed E-state index contributed by atoms with van der Waals surface area (Å²) in [6.45, 7) is 12.6. The van der Waals surface area contributed by atoms with Crippen LogP contribution in [0.4, 0.5) is 0 Å². The van der Waals surface area contributed by atoms with Gasteiger partial charge in [0.1, 0.15) is 34.5 Å². The van der Waals surface area contributed by atoms with Crippen LogP contribution in [0.25, 0.3) is 22.3 Å². The Morgan fingerprint density at radius 2 is 0.531 bits per heavy atom. The van der Waals surface area contributed by atoms with Gasteiger partial charge < -0.3 is 56.8 Å². The molecule has 1 aliphatic rings. The zero-order valence-corrected chi connectivity index (χ0v) is 56.9. The van der Waals surface area contributed by atoms with Crippen molar-refractivity contribution in [3.8, 4) is 56.8 Å². The predicted octanol–water partition coefficient (Wildman–Crippen LogP) is 13.1. The Bertz CT molecular complexity index is 3860. The van der Waals surface area contributed by atoms with Gasteiger partial charge in [0.2, 0.25) is 0 Å². The second kappa shape index (κ2) is 35.4. The number of aryl methyl sites for hydroxylation is 2. The van der Waals surface area contributed by atoms with E-state index in [-0.39, 0.29) is 91.8 Å². The van der Waals surface area contributed by atoms with Crippen LogP contribution in [-0.4, -0.2) is 115 Å². The lowest BCUT2D eigenvalue weighted by Crippen LogP contribution is -2.18. The molecule has 0 atom stereocenters. The van der Waals surface area contributed by atoms with Gasteiger partial charge in [0.05, 0.1) is 39.6 Å². The maximum Gasteiger partial charge on any atom is 0.344 e. The van der Waals surface area contributed by atoms with Crippen LogP contribution in [0.3, 0.4) is 0 Å². The van der Waals surface area contributed by atoms with Crippen molar-refractivity contribution in [1.29, 1.82) is 0 Å². The van der Waals surface area contributed by atoms with Gasteiger partial charge in [-0.25, -0.2) is 28.8 Å². The van der Waals surface area contributed by atoms with Crippen LogP contribution in [0.2, 0.25) is 0 Å². The highest BCUT2D eigenvalue weighted by Crippen LogP contribution is 2.42. The fourth-order valence-corrected chi connectivity index (χ4v) is 12.1. The summed E-state index contributed by atoms with van der Waals surface area (Å²) in [5, 5.41) is 0. The molecule has 0 saturated heterocycles. The largest absolute Gasteiger partial charge is 0.482 e. The van der Waals surface area contributed by atoms with Gasteiger partial charge in [-0.3, -0.25) is 0 Å². The molecular weight excluding hydrogens is 1250 g/mol. The standard InChI is InChI=1S/C80H84O18/c1-9-87-71(81)45-93-69-27-25-53-31-55-29-51(7)77(95-47-73(83)89-11-3)63(35-55)43-64-36-56(30-52(8)78(64)96-48-74(84)90-12-4)32-54-26-28-70(94-46-72(82)88-10-2)62(34-54)42-66-38-60(58-23-19-16-20-24-58)40-68(80(66)98-50-76(86)92-14-6)44-67-39-59(57-21-17-15-18-22-57)37-65(41-61(69)33-53)79(67)97-49-75(85)91-13-5/h15-30,33-40H,9-14,31-32,41-50H2,1-8H3. The monoisotopic (exact) mass is 1330 g/mol. The smallest absolute Gasteiger partial charge is 0.344 e. The molecule has 18 nitrogen and oxygen atoms in total. The third kappa shape index (κ3) is 19.8. The molecule has 1 aliphatic carbocycles. The second-order valence-corrected chi connectivity index (χ2v) is 23.3. The number of carbonyl (C=O) groups excluding carboxylic acids is 6. The summed E-state index contributed by atoms with van der Waals surface area (Å²) in [6.07, 6.45) is 1.35. The minimum absolute atomic E-state index is 0.110. The van der Waals surface area contributed by atoms with Gasteiger partial charge in [-0.2, -0.15) is 0 Å². The van der Waals surface area contributed by atoms with Crippen molar-refractivity contribution in [2.24, 2.45) is 0 Å². The quantitative estimate of drug-likeness (QED) is 0.0364. The Morgan fingerprint density at radius 3 is 0.837 bits per heavy atom. The van der Waals surface area contributed by atoms with Crippen LogP contribution >= 0.6 is 0 Å². The van der Waals surface area contributed by atoms with Gasteiger partial charge >= 0.3 is 35.8 Å². The van der Waals surface area contributed by atoms with Gasteiger partial charge in [-0.15, -0.1) is 0 Å². The van der Waals surface area contributed by atoms with Gasteiger partial charge in [0, 0.05) is 25.7 Å². The van der Waals surface area contributed by atoms with Crippen LogP contribution in [-0.2, 0) is 95.7 Å². The van der Waals surface area contributed by atoms with E-state index < -0.39 is 49.0 Å². The summed E-state index contributed by atoms with van der Waals surface area (Å²) in [5.41, 5.74) is 13.6. The molecule has 98 heavy (non-hydrogen) atoms. The predicted molar refractivity (Wildman–Crippen MR) is 369 cm³/mol. The molecule has 0 fully saturated rings. The lowest BCUT2D eigenvalue weighted by molar-refractivity contribution is -0.146. The summed E-state index contributed by atoms with van der Waals surface area (Å²) in [6, 6.07) is 47.5. The third-order valence-electron chi connectivity index (χ3n) is 16.0. The highest BCUT2D eigenvalue weighted by Gasteiger charge is 2.26. The van der Waals surface area contributed by atoms with Gasteiger partial charge in [0.15, 0.2) is 39.6 Å². The Labute approximate surface area is 572 Å². The first-order valence-electron chi connectivity index (χ1n) is 33.2. The maximum absolute atomic E-state index is 13.6. The van der Waals surface area contributed by atoms with Gasteiger partial charge in [-0.1, -0.05) is 109 Å². The average molecular weight is 1330 g/mol. The van der Waals surface area contributed by atoms with Gasteiger partial charge in [0.25, 0.3) is 0 Å². The molecule has 8 aromatic carbocycles. The molecule has 9 rings (SSSR count). The van der Waals surface area contributed by atoms with Crippen molar-refractivity contribution < 1.29 is 85.6 Å². The highest BCUT2D eigenvalue weighted by atomic mass is 16.6. The van der Waals surface area contributed by atoms with Crippen molar-refractivity contribution in [2.45, 2.75) is 93.9 Å². The Kier molecular flexibility index (Phi) is 25.9. The normalized spacial score (nSPS) is 11.8. The van der Waals surface area contributed by atoms with Crippen molar-refractivity contribution in [2.75, 3.05) is 79.3 Å². The number of esters is 6. The number of rotatable bonds is 26. The van der Waals surface area contributed by atoms with E-state index in [1.807, 2.05) is 159 Å². The van der Waals surface area contributed by atoms with E-state index >= 15 is 0 Å². The fraction of sp³-hybridized carbons (Fsp3) is 0.325. The second-order valence-electron chi connectivity index (χ2n) is 23.3. The van der Waals surface area contributed by atoms with Crippen LogP contribution in [0.1, 0.15) is 119 Å². The van der Waals surface area contributed by atoms with Crippen molar-refractivity contribution in [3.05, 3.63) is 223 Å². The minimum atomic E-state index is -0.596. The van der Waals surface area contributed by atoms with Crippen LogP contribution < -0.4 is 28.4 Å². The first-order chi connectivity index (χ1) is 47.5. The topological polar surface area (TPSA) is 213 Å². The number of fused-ring (bicyclic) bond motifs is 12. The first kappa shape index (κ1) is 71.7.